The predicted molar refractivity (Wildman–Crippen MR) is 111 cm³/mol. The second kappa shape index (κ2) is 9.22. The molecule has 1 N–H and O–H groups in total. The monoisotopic (exact) mass is 398 g/mol. The normalized spacial score (nSPS) is 10.8. The maximum atomic E-state index is 12.5. The van der Waals surface area contributed by atoms with Crippen molar-refractivity contribution in [2.75, 3.05) is 37.5 Å². The molecular formula is C20H26N6O3. The van der Waals surface area contributed by atoms with Crippen LogP contribution in [-0.2, 0) is 11.2 Å². The Hall–Kier alpha value is -3.36. The van der Waals surface area contributed by atoms with E-state index in [1.165, 1.54) is 0 Å². The van der Waals surface area contributed by atoms with E-state index in [4.69, 9.17) is 9.47 Å². The fraction of sp³-hybridized carbons (Fsp3) is 0.400. The van der Waals surface area contributed by atoms with Crippen molar-refractivity contribution in [3.8, 4) is 11.5 Å². The summed E-state index contributed by atoms with van der Waals surface area (Å²) in [5.41, 5.74) is 1.22. The minimum Gasteiger partial charge on any atom is -0.497 e. The maximum absolute atomic E-state index is 12.5. The van der Waals surface area contributed by atoms with Crippen LogP contribution in [0.25, 0.3) is 5.65 Å². The second-order valence-electron chi connectivity index (χ2n) is 6.36. The van der Waals surface area contributed by atoms with Gasteiger partial charge in [-0.2, -0.15) is 4.52 Å². The van der Waals surface area contributed by atoms with Gasteiger partial charge in [-0.15, -0.1) is 15.3 Å². The van der Waals surface area contributed by atoms with Crippen LogP contribution in [0.5, 0.6) is 11.5 Å². The molecule has 0 fully saturated rings. The average molecular weight is 398 g/mol. The molecule has 0 aliphatic heterocycles. The van der Waals surface area contributed by atoms with Gasteiger partial charge in [-0.05, 0) is 38.1 Å². The summed E-state index contributed by atoms with van der Waals surface area (Å²) < 4.78 is 12.2. The lowest BCUT2D eigenvalue weighted by Crippen LogP contribution is -2.23. The highest BCUT2D eigenvalue weighted by Crippen LogP contribution is 2.29. The maximum Gasteiger partial charge on any atom is 0.224 e. The molecule has 0 atom stereocenters. The van der Waals surface area contributed by atoms with Crippen LogP contribution < -0.4 is 19.7 Å². The Bertz CT molecular complexity index is 984. The number of aromatic nitrogens is 4. The van der Waals surface area contributed by atoms with Crippen molar-refractivity contribution in [3.05, 3.63) is 36.2 Å². The number of nitrogens with one attached hydrogen (secondary N) is 1. The summed E-state index contributed by atoms with van der Waals surface area (Å²) in [5, 5.41) is 15.8. The van der Waals surface area contributed by atoms with Gasteiger partial charge in [-0.25, -0.2) is 0 Å². The molecule has 2 heterocycles. The van der Waals surface area contributed by atoms with Crippen LogP contribution in [0.4, 0.5) is 11.5 Å². The number of rotatable bonds is 9. The number of ether oxygens (including phenoxy) is 2. The number of fused-ring (bicyclic) bond motifs is 1. The fourth-order valence-electron chi connectivity index (χ4n) is 3.05. The number of nitrogens with zero attached hydrogens (tertiary/aromatic N) is 5. The lowest BCUT2D eigenvalue weighted by Gasteiger charge is -2.19. The zero-order valence-corrected chi connectivity index (χ0v) is 17.2. The zero-order chi connectivity index (χ0) is 20.8. The summed E-state index contributed by atoms with van der Waals surface area (Å²) in [5.74, 6) is 2.54. The van der Waals surface area contributed by atoms with Crippen LogP contribution in [0, 0.1) is 0 Å². The molecule has 0 saturated heterocycles. The minimum absolute atomic E-state index is 0.159. The second-order valence-corrected chi connectivity index (χ2v) is 6.36. The third-order valence-electron chi connectivity index (χ3n) is 4.66. The Morgan fingerprint density at radius 3 is 2.59 bits per heavy atom. The Morgan fingerprint density at radius 1 is 1.10 bits per heavy atom. The molecule has 9 nitrogen and oxygen atoms in total. The van der Waals surface area contributed by atoms with Crippen molar-refractivity contribution in [1.82, 2.24) is 19.8 Å². The summed E-state index contributed by atoms with van der Waals surface area (Å²) in [6, 6.07) is 9.07. The minimum atomic E-state index is -0.159. The van der Waals surface area contributed by atoms with Crippen LogP contribution in [0.15, 0.2) is 30.3 Å². The number of methoxy groups -OCH3 is 2. The smallest absolute Gasteiger partial charge is 0.224 e. The molecule has 3 rings (SSSR count). The van der Waals surface area contributed by atoms with Gasteiger partial charge in [0.15, 0.2) is 11.5 Å². The van der Waals surface area contributed by atoms with Gasteiger partial charge in [0, 0.05) is 32.0 Å². The number of hydrogen-bond donors (Lipinski definition) is 1. The number of benzene rings is 1. The van der Waals surface area contributed by atoms with E-state index in [2.05, 4.69) is 39.4 Å². The molecule has 0 aliphatic rings. The van der Waals surface area contributed by atoms with Crippen LogP contribution in [0.3, 0.4) is 0 Å². The molecule has 1 aromatic carbocycles. The van der Waals surface area contributed by atoms with E-state index in [0.717, 1.165) is 18.9 Å². The molecule has 1 amide bonds. The van der Waals surface area contributed by atoms with Crippen molar-refractivity contribution < 1.29 is 14.3 Å². The van der Waals surface area contributed by atoms with Crippen LogP contribution in [0.1, 0.15) is 26.1 Å². The molecule has 29 heavy (non-hydrogen) atoms. The van der Waals surface area contributed by atoms with Crippen LogP contribution in [0.2, 0.25) is 0 Å². The summed E-state index contributed by atoms with van der Waals surface area (Å²) in [6.45, 7) is 5.88. The lowest BCUT2D eigenvalue weighted by molar-refractivity contribution is -0.116. The van der Waals surface area contributed by atoms with Gasteiger partial charge in [0.1, 0.15) is 17.3 Å². The SMILES string of the molecule is CCN(CC)c1ccc2nnc(CCC(=O)Nc3cc(OC)ccc3OC)n2n1. The summed E-state index contributed by atoms with van der Waals surface area (Å²) >= 11 is 0. The molecule has 0 bridgehead atoms. The highest BCUT2D eigenvalue weighted by molar-refractivity contribution is 5.92. The molecule has 3 aromatic rings. The van der Waals surface area contributed by atoms with Gasteiger partial charge in [-0.1, -0.05) is 0 Å². The van der Waals surface area contributed by atoms with Crippen molar-refractivity contribution >= 4 is 23.1 Å². The Labute approximate surface area is 169 Å². The molecular weight excluding hydrogens is 372 g/mol. The largest absolute Gasteiger partial charge is 0.497 e. The molecule has 9 heteroatoms. The first-order valence-corrected chi connectivity index (χ1v) is 9.57. The van der Waals surface area contributed by atoms with Crippen molar-refractivity contribution in [3.63, 3.8) is 0 Å². The molecule has 0 spiro atoms. The number of carbonyl (C=O) groups is 1. The van der Waals surface area contributed by atoms with E-state index in [-0.39, 0.29) is 12.3 Å². The summed E-state index contributed by atoms with van der Waals surface area (Å²) in [4.78, 5) is 14.6. The van der Waals surface area contributed by atoms with E-state index < -0.39 is 0 Å². The van der Waals surface area contributed by atoms with E-state index in [1.807, 2.05) is 12.1 Å². The molecule has 154 valence electrons. The van der Waals surface area contributed by atoms with E-state index in [0.29, 0.717) is 35.1 Å². The third-order valence-corrected chi connectivity index (χ3v) is 4.66. The highest BCUT2D eigenvalue weighted by atomic mass is 16.5. The van der Waals surface area contributed by atoms with Gasteiger partial charge in [0.05, 0.1) is 19.9 Å². The molecule has 0 unspecified atom stereocenters. The van der Waals surface area contributed by atoms with Gasteiger partial charge in [-0.3, -0.25) is 4.79 Å². The first-order chi connectivity index (χ1) is 14.1. The first-order valence-electron chi connectivity index (χ1n) is 9.57. The Kier molecular flexibility index (Phi) is 6.48. The van der Waals surface area contributed by atoms with Gasteiger partial charge in [0.25, 0.3) is 0 Å². The van der Waals surface area contributed by atoms with Crippen molar-refractivity contribution in [2.45, 2.75) is 26.7 Å². The quantitative estimate of drug-likeness (QED) is 0.592. The van der Waals surface area contributed by atoms with Crippen molar-refractivity contribution in [1.29, 1.82) is 0 Å². The number of aryl methyl sites for hydroxylation is 1. The Morgan fingerprint density at radius 2 is 1.90 bits per heavy atom. The Balaban J connectivity index is 1.72. The zero-order valence-electron chi connectivity index (χ0n) is 17.2. The molecule has 2 aromatic heterocycles. The third kappa shape index (κ3) is 4.56. The number of hydrogen-bond acceptors (Lipinski definition) is 7. The number of carbonyl (C=O) groups excluding carboxylic acids is 1. The molecule has 0 radical (unpaired) electrons. The molecule has 0 saturated carbocycles. The summed E-state index contributed by atoms with van der Waals surface area (Å²) in [6.07, 6.45) is 0.645. The van der Waals surface area contributed by atoms with Crippen LogP contribution in [-0.4, -0.2) is 53.0 Å². The molecule has 0 aliphatic carbocycles. The van der Waals surface area contributed by atoms with E-state index >= 15 is 0 Å². The standard InChI is InChI=1S/C20H26N6O3/c1-5-25(6-2)19-10-9-17-22-23-18(26(17)24-19)11-12-20(27)21-15-13-14(28-3)7-8-16(15)29-4/h7-10,13H,5-6,11-12H2,1-4H3,(H,21,27). The average Bonchev–Trinajstić information content (AvgIpc) is 3.15. The number of amides is 1. The van der Waals surface area contributed by atoms with E-state index in [9.17, 15) is 4.79 Å². The van der Waals surface area contributed by atoms with Crippen LogP contribution >= 0.6 is 0 Å². The topological polar surface area (TPSA) is 93.9 Å². The van der Waals surface area contributed by atoms with Gasteiger partial charge >= 0.3 is 0 Å². The first kappa shape index (κ1) is 20.4. The predicted octanol–water partition coefficient (Wildman–Crippen LogP) is 2.56. The van der Waals surface area contributed by atoms with Crippen molar-refractivity contribution in [2.24, 2.45) is 0 Å². The van der Waals surface area contributed by atoms with Gasteiger partial charge < -0.3 is 19.7 Å². The van der Waals surface area contributed by atoms with Gasteiger partial charge in [0.2, 0.25) is 5.91 Å². The van der Waals surface area contributed by atoms with E-state index in [1.54, 1.807) is 36.9 Å². The highest BCUT2D eigenvalue weighted by Gasteiger charge is 2.14. The summed E-state index contributed by atoms with van der Waals surface area (Å²) in [7, 11) is 3.13. The fourth-order valence-corrected chi connectivity index (χ4v) is 3.05. The number of anilines is 2. The lowest BCUT2D eigenvalue weighted by atomic mass is 10.2.